The van der Waals surface area contributed by atoms with E-state index in [1.807, 2.05) is 0 Å². The lowest BCUT2D eigenvalue weighted by molar-refractivity contribution is -0.138. The van der Waals surface area contributed by atoms with Gasteiger partial charge >= 0.3 is 6.18 Å². The summed E-state index contributed by atoms with van der Waals surface area (Å²) in [5, 5.41) is 8.14. The highest BCUT2D eigenvalue weighted by Crippen LogP contribution is 2.32. The fourth-order valence-corrected chi connectivity index (χ4v) is 4.68. The van der Waals surface area contributed by atoms with E-state index in [2.05, 4.69) is 10.2 Å². The van der Waals surface area contributed by atoms with E-state index >= 15 is 0 Å². The van der Waals surface area contributed by atoms with Crippen molar-refractivity contribution < 1.29 is 27.2 Å². The molecule has 2 atom stereocenters. The second-order valence-corrected chi connectivity index (χ2v) is 8.58. The zero-order chi connectivity index (χ0) is 23.2. The standard InChI is InChI=1S/C22H22F3N5O3/c23-22(24,25)16-5-6-18-26-27-20(30(18)12-16)14-3-1-7-28(10-14)21(32)15-9-19(31)29(11-15)13-17-4-2-8-33-17/h2,4-6,8,12,14-15H,1,3,7,9-11,13H2. The van der Waals surface area contributed by atoms with E-state index in [0.717, 1.165) is 12.3 Å². The predicted octanol–water partition coefficient (Wildman–Crippen LogP) is 3.10. The van der Waals surface area contributed by atoms with Crippen LogP contribution in [0.2, 0.25) is 0 Å². The van der Waals surface area contributed by atoms with E-state index in [1.165, 1.54) is 16.7 Å². The molecule has 8 nitrogen and oxygen atoms in total. The van der Waals surface area contributed by atoms with Crippen LogP contribution in [-0.2, 0) is 22.3 Å². The summed E-state index contributed by atoms with van der Waals surface area (Å²) in [5.74, 6) is 0.180. The fourth-order valence-electron chi connectivity index (χ4n) is 4.68. The SMILES string of the molecule is O=C1CC(C(=O)N2CCCC(c3nnc4ccc(C(F)(F)F)cn34)C2)CN1Cc1ccco1. The summed E-state index contributed by atoms with van der Waals surface area (Å²) in [6, 6.07) is 5.81. The number of fused-ring (bicyclic) bond motifs is 1. The summed E-state index contributed by atoms with van der Waals surface area (Å²) in [6.07, 6.45) is -0.397. The van der Waals surface area contributed by atoms with Crippen LogP contribution in [-0.4, -0.2) is 55.8 Å². The van der Waals surface area contributed by atoms with E-state index in [9.17, 15) is 22.8 Å². The lowest BCUT2D eigenvalue weighted by atomic mass is 9.95. The zero-order valence-corrected chi connectivity index (χ0v) is 17.7. The first kappa shape index (κ1) is 21.5. The van der Waals surface area contributed by atoms with Gasteiger partial charge in [0.2, 0.25) is 11.8 Å². The Hall–Kier alpha value is -3.37. The maximum Gasteiger partial charge on any atom is 0.417 e. The smallest absolute Gasteiger partial charge is 0.417 e. The number of nitrogens with zero attached hydrogens (tertiary/aromatic N) is 5. The van der Waals surface area contributed by atoms with Crippen LogP contribution in [0.3, 0.4) is 0 Å². The predicted molar refractivity (Wildman–Crippen MR) is 109 cm³/mol. The maximum absolute atomic E-state index is 13.2. The van der Waals surface area contributed by atoms with Gasteiger partial charge in [0.05, 0.1) is 24.3 Å². The van der Waals surface area contributed by atoms with E-state index in [1.54, 1.807) is 21.9 Å². The lowest BCUT2D eigenvalue weighted by Crippen LogP contribution is -2.43. The number of aromatic nitrogens is 3. The van der Waals surface area contributed by atoms with Crippen molar-refractivity contribution in [3.63, 3.8) is 0 Å². The summed E-state index contributed by atoms with van der Waals surface area (Å²) < 4.78 is 46.2. The summed E-state index contributed by atoms with van der Waals surface area (Å²) in [4.78, 5) is 28.9. The molecule has 2 fully saturated rings. The van der Waals surface area contributed by atoms with E-state index < -0.39 is 17.7 Å². The number of halogens is 3. The first-order chi connectivity index (χ1) is 15.8. The van der Waals surface area contributed by atoms with Crippen LogP contribution < -0.4 is 0 Å². The van der Waals surface area contributed by atoms with Crippen molar-refractivity contribution in [1.82, 2.24) is 24.4 Å². The Morgan fingerprint density at radius 1 is 1.18 bits per heavy atom. The number of alkyl halides is 3. The highest BCUT2D eigenvalue weighted by Gasteiger charge is 2.39. The highest BCUT2D eigenvalue weighted by atomic mass is 19.4. The minimum absolute atomic E-state index is 0.0959. The maximum atomic E-state index is 13.2. The van der Waals surface area contributed by atoms with Crippen LogP contribution in [0.25, 0.3) is 5.65 Å². The average Bonchev–Trinajstić information content (AvgIpc) is 3.53. The van der Waals surface area contributed by atoms with Crippen molar-refractivity contribution in [1.29, 1.82) is 0 Å². The van der Waals surface area contributed by atoms with Crippen molar-refractivity contribution in [2.24, 2.45) is 5.92 Å². The molecular formula is C22H22F3N5O3. The fraction of sp³-hybridized carbons (Fsp3) is 0.455. The number of carbonyl (C=O) groups excluding carboxylic acids is 2. The molecule has 5 rings (SSSR count). The molecule has 0 N–H and O–H groups in total. The molecule has 2 aliphatic heterocycles. The molecule has 2 aliphatic rings. The van der Waals surface area contributed by atoms with Gasteiger partial charge < -0.3 is 14.2 Å². The third kappa shape index (κ3) is 4.19. The first-order valence-corrected chi connectivity index (χ1v) is 10.8. The molecule has 0 aliphatic carbocycles. The van der Waals surface area contributed by atoms with Crippen LogP contribution in [0.1, 0.15) is 42.3 Å². The Morgan fingerprint density at radius 3 is 2.79 bits per heavy atom. The van der Waals surface area contributed by atoms with Gasteiger partial charge in [0.15, 0.2) is 5.65 Å². The minimum Gasteiger partial charge on any atom is -0.467 e. The normalized spacial score (nSPS) is 21.8. The zero-order valence-electron chi connectivity index (χ0n) is 17.7. The molecule has 0 spiro atoms. The Bertz CT molecular complexity index is 1170. The van der Waals surface area contributed by atoms with Gasteiger partial charge in [-0.05, 0) is 37.1 Å². The molecule has 33 heavy (non-hydrogen) atoms. The Labute approximate surface area is 187 Å². The minimum atomic E-state index is -4.47. The first-order valence-electron chi connectivity index (χ1n) is 10.8. The molecule has 3 aromatic heterocycles. The molecule has 0 bridgehead atoms. The van der Waals surface area contributed by atoms with Gasteiger partial charge in [-0.15, -0.1) is 10.2 Å². The summed E-state index contributed by atoms with van der Waals surface area (Å²) in [5.41, 5.74) is -0.447. The number of hydrogen-bond acceptors (Lipinski definition) is 5. The lowest BCUT2D eigenvalue weighted by Gasteiger charge is -2.33. The number of likely N-dealkylation sites (tertiary alicyclic amines) is 2. The van der Waals surface area contributed by atoms with Crippen molar-refractivity contribution in [3.8, 4) is 0 Å². The molecule has 2 amide bonds. The van der Waals surface area contributed by atoms with Gasteiger partial charge in [-0.1, -0.05) is 0 Å². The Kier molecular flexibility index (Phi) is 5.34. The van der Waals surface area contributed by atoms with E-state index in [4.69, 9.17) is 4.42 Å². The molecule has 3 aromatic rings. The number of carbonyl (C=O) groups is 2. The Balaban J connectivity index is 1.30. The molecular weight excluding hydrogens is 439 g/mol. The van der Waals surface area contributed by atoms with Crippen molar-refractivity contribution in [3.05, 3.63) is 53.9 Å². The summed E-state index contributed by atoms with van der Waals surface area (Å²) in [6.45, 7) is 1.52. The van der Waals surface area contributed by atoms with Gasteiger partial charge in [-0.25, -0.2) is 0 Å². The van der Waals surface area contributed by atoms with Crippen molar-refractivity contribution in [2.75, 3.05) is 19.6 Å². The molecule has 5 heterocycles. The number of piperidine rings is 1. The van der Waals surface area contributed by atoms with Crippen LogP contribution >= 0.6 is 0 Å². The third-order valence-electron chi connectivity index (χ3n) is 6.34. The van der Waals surface area contributed by atoms with Gasteiger partial charge in [0.25, 0.3) is 0 Å². The Morgan fingerprint density at radius 2 is 2.03 bits per heavy atom. The summed E-state index contributed by atoms with van der Waals surface area (Å²) >= 11 is 0. The highest BCUT2D eigenvalue weighted by molar-refractivity contribution is 5.89. The number of pyridine rings is 1. The van der Waals surface area contributed by atoms with E-state index in [-0.39, 0.29) is 24.2 Å². The number of furan rings is 1. The number of hydrogen-bond donors (Lipinski definition) is 0. The molecule has 11 heteroatoms. The van der Waals surface area contributed by atoms with Crippen LogP contribution in [0.15, 0.2) is 41.1 Å². The van der Waals surface area contributed by atoms with Crippen LogP contribution in [0.4, 0.5) is 13.2 Å². The largest absolute Gasteiger partial charge is 0.467 e. The van der Waals surface area contributed by atoms with Gasteiger partial charge in [0, 0.05) is 38.2 Å². The quantitative estimate of drug-likeness (QED) is 0.596. The molecule has 0 saturated carbocycles. The van der Waals surface area contributed by atoms with Gasteiger partial charge in [0.1, 0.15) is 11.6 Å². The second-order valence-electron chi connectivity index (χ2n) is 8.58. The van der Waals surface area contributed by atoms with Gasteiger partial charge in [-0.2, -0.15) is 13.2 Å². The van der Waals surface area contributed by atoms with E-state index in [0.29, 0.717) is 56.3 Å². The third-order valence-corrected chi connectivity index (χ3v) is 6.34. The number of rotatable bonds is 4. The average molecular weight is 461 g/mol. The molecule has 174 valence electrons. The van der Waals surface area contributed by atoms with Crippen LogP contribution in [0.5, 0.6) is 0 Å². The van der Waals surface area contributed by atoms with Gasteiger partial charge in [-0.3, -0.25) is 14.0 Å². The molecule has 2 saturated heterocycles. The van der Waals surface area contributed by atoms with Crippen molar-refractivity contribution >= 4 is 17.5 Å². The molecule has 0 aromatic carbocycles. The summed E-state index contributed by atoms with van der Waals surface area (Å²) in [7, 11) is 0. The number of amides is 2. The molecule has 0 radical (unpaired) electrons. The van der Waals surface area contributed by atoms with Crippen molar-refractivity contribution in [2.45, 2.75) is 37.9 Å². The van der Waals surface area contributed by atoms with Crippen LogP contribution in [0, 0.1) is 5.92 Å². The second kappa shape index (κ2) is 8.20. The monoisotopic (exact) mass is 461 g/mol. The molecule has 2 unspecified atom stereocenters. The topological polar surface area (TPSA) is 84.0 Å².